The van der Waals surface area contributed by atoms with Gasteiger partial charge < -0.3 is 16.0 Å². The highest BCUT2D eigenvalue weighted by Crippen LogP contribution is 2.26. The van der Waals surface area contributed by atoms with Gasteiger partial charge in [-0.15, -0.1) is 24.0 Å². The first kappa shape index (κ1) is 23.7. The third kappa shape index (κ3) is 7.29. The van der Waals surface area contributed by atoms with Crippen LogP contribution in [0.4, 0.5) is 11.4 Å². The number of rotatable bonds is 8. The summed E-state index contributed by atoms with van der Waals surface area (Å²) in [6.07, 6.45) is 6.64. The first-order valence-electron chi connectivity index (χ1n) is 10.4. The minimum Gasteiger partial charge on any atom is -0.383 e. The van der Waals surface area contributed by atoms with Crippen LogP contribution in [0.2, 0.25) is 0 Å². The van der Waals surface area contributed by atoms with Crippen LogP contribution in [0.3, 0.4) is 0 Å². The van der Waals surface area contributed by atoms with E-state index in [9.17, 15) is 10.1 Å². The molecule has 1 atom stereocenters. The summed E-state index contributed by atoms with van der Waals surface area (Å²) < 4.78 is 0. The Morgan fingerprint density at radius 3 is 2.62 bits per heavy atom. The number of non-ortho nitro benzene ring substituents is 1. The van der Waals surface area contributed by atoms with Gasteiger partial charge in [0.05, 0.1) is 11.5 Å². The van der Waals surface area contributed by atoms with E-state index < -0.39 is 0 Å². The summed E-state index contributed by atoms with van der Waals surface area (Å²) in [6.45, 7) is 6.50. The molecule has 1 saturated heterocycles. The zero-order chi connectivity index (χ0) is 19.8. The fraction of sp³-hybridized carbons (Fsp3) is 0.650. The highest BCUT2D eigenvalue weighted by Gasteiger charge is 2.30. The summed E-state index contributed by atoms with van der Waals surface area (Å²) in [5.74, 6) is 0.867. The predicted octanol–water partition coefficient (Wildman–Crippen LogP) is 3.20. The fourth-order valence-corrected chi connectivity index (χ4v) is 4.09. The summed E-state index contributed by atoms with van der Waals surface area (Å²) in [4.78, 5) is 17.6. The number of hydrogen-bond acceptors (Lipinski definition) is 5. The SMILES string of the molecule is CCNC(=NCCNc1ccc([N+](=O)[O-])cc1)NC1CCN(C2CCCC2)C1.I. The van der Waals surface area contributed by atoms with Gasteiger partial charge in [0, 0.05) is 56.1 Å². The lowest BCUT2D eigenvalue weighted by Crippen LogP contribution is -2.45. The van der Waals surface area contributed by atoms with E-state index in [0.717, 1.165) is 30.8 Å². The second kappa shape index (κ2) is 12.2. The van der Waals surface area contributed by atoms with Gasteiger partial charge in [-0.3, -0.25) is 20.0 Å². The third-order valence-corrected chi connectivity index (χ3v) is 5.53. The molecule has 0 aromatic heterocycles. The molecule has 1 aliphatic carbocycles. The smallest absolute Gasteiger partial charge is 0.269 e. The van der Waals surface area contributed by atoms with Crippen LogP contribution in [0.5, 0.6) is 0 Å². The molecule has 1 heterocycles. The van der Waals surface area contributed by atoms with Crippen molar-refractivity contribution in [1.82, 2.24) is 15.5 Å². The van der Waals surface area contributed by atoms with Crippen LogP contribution < -0.4 is 16.0 Å². The highest BCUT2D eigenvalue weighted by molar-refractivity contribution is 14.0. The zero-order valence-corrected chi connectivity index (χ0v) is 19.4. The Kier molecular flexibility index (Phi) is 9.92. The summed E-state index contributed by atoms with van der Waals surface area (Å²) in [7, 11) is 0. The average Bonchev–Trinajstić information content (AvgIpc) is 3.37. The molecule has 2 aliphatic rings. The lowest BCUT2D eigenvalue weighted by molar-refractivity contribution is -0.384. The van der Waals surface area contributed by atoms with E-state index in [0.29, 0.717) is 19.1 Å². The molecular formula is C20H33IN6O2. The van der Waals surface area contributed by atoms with Crippen molar-refractivity contribution in [3.05, 3.63) is 34.4 Å². The van der Waals surface area contributed by atoms with Crippen molar-refractivity contribution in [2.75, 3.05) is 38.0 Å². The molecule has 2 fully saturated rings. The van der Waals surface area contributed by atoms with Crippen LogP contribution in [-0.2, 0) is 0 Å². The summed E-state index contributed by atoms with van der Waals surface area (Å²) >= 11 is 0. The van der Waals surface area contributed by atoms with Crippen molar-refractivity contribution >= 4 is 41.3 Å². The van der Waals surface area contributed by atoms with Crippen LogP contribution in [-0.4, -0.2) is 60.6 Å². The van der Waals surface area contributed by atoms with Crippen molar-refractivity contribution in [2.45, 2.75) is 51.1 Å². The number of benzene rings is 1. The number of anilines is 1. The van der Waals surface area contributed by atoms with Crippen molar-refractivity contribution in [3.8, 4) is 0 Å². The molecule has 0 spiro atoms. The monoisotopic (exact) mass is 516 g/mol. The lowest BCUT2D eigenvalue weighted by atomic mass is 10.2. The number of nitrogens with one attached hydrogen (secondary N) is 3. The first-order valence-corrected chi connectivity index (χ1v) is 10.4. The molecule has 1 unspecified atom stereocenters. The molecule has 3 rings (SSSR count). The van der Waals surface area contributed by atoms with Gasteiger partial charge in [0.15, 0.2) is 5.96 Å². The van der Waals surface area contributed by atoms with E-state index in [4.69, 9.17) is 0 Å². The van der Waals surface area contributed by atoms with E-state index in [1.807, 2.05) is 0 Å². The normalized spacial score (nSPS) is 20.3. The predicted molar refractivity (Wildman–Crippen MR) is 128 cm³/mol. The Morgan fingerprint density at radius 1 is 1.24 bits per heavy atom. The molecular weight excluding hydrogens is 483 g/mol. The third-order valence-electron chi connectivity index (χ3n) is 5.53. The van der Waals surface area contributed by atoms with Crippen molar-refractivity contribution < 1.29 is 4.92 Å². The summed E-state index contributed by atoms with van der Waals surface area (Å²) in [6, 6.07) is 7.71. The Bertz CT molecular complexity index is 663. The maximum absolute atomic E-state index is 10.7. The van der Waals surface area contributed by atoms with E-state index >= 15 is 0 Å². The number of halogens is 1. The van der Waals surface area contributed by atoms with Crippen LogP contribution in [0, 0.1) is 10.1 Å². The molecule has 29 heavy (non-hydrogen) atoms. The van der Waals surface area contributed by atoms with Crippen LogP contribution >= 0.6 is 24.0 Å². The zero-order valence-electron chi connectivity index (χ0n) is 17.1. The van der Waals surface area contributed by atoms with Gasteiger partial charge in [0.1, 0.15) is 0 Å². The molecule has 1 aromatic carbocycles. The molecule has 8 nitrogen and oxygen atoms in total. The Morgan fingerprint density at radius 2 is 1.97 bits per heavy atom. The largest absolute Gasteiger partial charge is 0.383 e. The van der Waals surface area contributed by atoms with Crippen molar-refractivity contribution in [2.24, 2.45) is 4.99 Å². The van der Waals surface area contributed by atoms with E-state index in [2.05, 4.69) is 32.8 Å². The number of nitrogens with zero attached hydrogens (tertiary/aromatic N) is 3. The highest BCUT2D eigenvalue weighted by atomic mass is 127. The van der Waals surface area contributed by atoms with Gasteiger partial charge in [-0.05, 0) is 38.3 Å². The molecule has 3 N–H and O–H groups in total. The van der Waals surface area contributed by atoms with Crippen molar-refractivity contribution in [1.29, 1.82) is 0 Å². The maximum Gasteiger partial charge on any atom is 0.269 e. The number of likely N-dealkylation sites (tertiary alicyclic amines) is 1. The van der Waals surface area contributed by atoms with E-state index in [1.165, 1.54) is 50.8 Å². The van der Waals surface area contributed by atoms with Crippen LogP contribution in [0.15, 0.2) is 29.3 Å². The Hall–Kier alpha value is -1.62. The minimum absolute atomic E-state index is 0. The second-order valence-corrected chi connectivity index (χ2v) is 7.55. The average molecular weight is 516 g/mol. The lowest BCUT2D eigenvalue weighted by Gasteiger charge is -2.24. The number of nitro groups is 1. The number of nitro benzene ring substituents is 1. The van der Waals surface area contributed by atoms with Gasteiger partial charge in [-0.2, -0.15) is 0 Å². The van der Waals surface area contributed by atoms with Gasteiger partial charge in [0.2, 0.25) is 0 Å². The summed E-state index contributed by atoms with van der Waals surface area (Å²) in [5, 5.41) is 20.9. The van der Waals surface area contributed by atoms with Crippen LogP contribution in [0.25, 0.3) is 0 Å². The molecule has 0 radical (unpaired) electrons. The molecule has 0 bridgehead atoms. The first-order chi connectivity index (χ1) is 13.7. The van der Waals surface area contributed by atoms with E-state index in [1.54, 1.807) is 12.1 Å². The van der Waals surface area contributed by atoms with Gasteiger partial charge in [-0.1, -0.05) is 12.8 Å². The van der Waals surface area contributed by atoms with Gasteiger partial charge in [-0.25, -0.2) is 0 Å². The molecule has 1 aromatic rings. The topological polar surface area (TPSA) is 94.8 Å². The number of guanidine groups is 1. The van der Waals surface area contributed by atoms with E-state index in [-0.39, 0.29) is 34.6 Å². The molecule has 0 amide bonds. The number of hydrogen-bond donors (Lipinski definition) is 3. The second-order valence-electron chi connectivity index (χ2n) is 7.55. The fourth-order valence-electron chi connectivity index (χ4n) is 4.09. The molecule has 1 aliphatic heterocycles. The van der Waals surface area contributed by atoms with Crippen LogP contribution in [0.1, 0.15) is 39.0 Å². The molecule has 9 heteroatoms. The standard InChI is InChI=1S/C20H32N6O2.HI/c1-2-21-20(24-17-11-14-25(15-17)18-5-3-4-6-18)23-13-12-22-16-7-9-19(10-8-16)26(27)28;/h7-10,17-18,22H,2-6,11-15H2,1H3,(H2,21,23,24);1H. The molecule has 162 valence electrons. The molecule has 1 saturated carbocycles. The number of aliphatic imine (C=N–C) groups is 1. The van der Waals surface area contributed by atoms with Crippen molar-refractivity contribution in [3.63, 3.8) is 0 Å². The Balaban J connectivity index is 0.00000300. The Labute approximate surface area is 190 Å². The maximum atomic E-state index is 10.7. The minimum atomic E-state index is -0.390. The van der Waals surface area contributed by atoms with Gasteiger partial charge >= 0.3 is 0 Å². The quantitative estimate of drug-likeness (QED) is 0.123. The summed E-state index contributed by atoms with van der Waals surface area (Å²) in [5.41, 5.74) is 0.965. The van der Waals surface area contributed by atoms with Gasteiger partial charge in [0.25, 0.3) is 5.69 Å².